The van der Waals surface area contributed by atoms with Crippen LogP contribution in [-0.2, 0) is 13.4 Å². The van der Waals surface area contributed by atoms with E-state index >= 15 is 0 Å². The van der Waals surface area contributed by atoms with Crippen molar-refractivity contribution in [1.82, 2.24) is 0 Å². The second-order valence-corrected chi connectivity index (χ2v) is 5.29. The zero-order chi connectivity index (χ0) is 13.5. The zero-order valence-corrected chi connectivity index (χ0v) is 10.4. The van der Waals surface area contributed by atoms with Gasteiger partial charge in [0.1, 0.15) is 0 Å². The van der Waals surface area contributed by atoms with E-state index in [1.54, 1.807) is 0 Å². The number of phosphoric acid groups is 2. The molecule has 0 fully saturated rings. The van der Waals surface area contributed by atoms with Crippen LogP contribution in [0.5, 0.6) is 0 Å². The van der Waals surface area contributed by atoms with Crippen molar-refractivity contribution >= 4 is 227 Å². The van der Waals surface area contributed by atoms with E-state index < -0.39 is 15.6 Å². The average Bonchev–Trinajstić information content (AvgIpc) is 2.14. The van der Waals surface area contributed by atoms with E-state index in [4.69, 9.17) is 19.6 Å². The van der Waals surface area contributed by atoms with Gasteiger partial charge in [-0.3, -0.25) is 0 Å². The van der Waals surface area contributed by atoms with Gasteiger partial charge in [0.15, 0.2) is 0 Å². The minimum absolute atomic E-state index is 0. The van der Waals surface area contributed by atoms with Crippen LogP contribution in [-0.4, -0.2) is 225 Å². The number of hydrogen-bond acceptors (Lipinski definition) is 3. The summed E-state index contributed by atoms with van der Waals surface area (Å²) in [6.45, 7) is 3.63. The van der Waals surface area contributed by atoms with Crippen molar-refractivity contribution in [3.63, 3.8) is 0 Å². The Hall–Kier alpha value is 5.77. The number of hydrogen-bond donors (Lipinski definition) is 4. The first-order valence-electron chi connectivity index (χ1n) is 4.14. The van der Waals surface area contributed by atoms with Crippen LogP contribution in [0.1, 0.15) is 5.56 Å². The van der Waals surface area contributed by atoms with E-state index in [1.807, 2.05) is 36.4 Å². The number of benzene rings is 1. The first-order valence-corrected chi connectivity index (χ1v) is 7.20. The van der Waals surface area contributed by atoms with E-state index in [0.29, 0.717) is 0 Å². The summed E-state index contributed by atoms with van der Waals surface area (Å²) < 4.78 is 22.2. The van der Waals surface area contributed by atoms with E-state index in [-0.39, 0.29) is 206 Å². The van der Waals surface area contributed by atoms with Crippen molar-refractivity contribution in [2.75, 3.05) is 0 Å². The molecule has 4 N–H and O–H groups in total. The van der Waals surface area contributed by atoms with Gasteiger partial charge in [-0.15, -0.1) is 0 Å². The molecule has 0 aliphatic rings. The van der Waals surface area contributed by atoms with Gasteiger partial charge in [0.2, 0.25) is 0 Å². The van der Waals surface area contributed by atoms with Crippen LogP contribution in [0.3, 0.4) is 0 Å². The van der Waals surface area contributed by atoms with E-state index in [1.165, 1.54) is 5.56 Å². The fraction of sp³-hybridized carbons (Fsp3) is 0. The molecule has 0 spiro atoms. The van der Waals surface area contributed by atoms with Crippen molar-refractivity contribution < 1.29 is 33.0 Å². The molecule has 1 rings (SSSR count). The van der Waals surface area contributed by atoms with Crippen LogP contribution < -0.4 is 0 Å². The fourth-order valence-corrected chi connectivity index (χ4v) is 1.84. The summed E-state index contributed by atoms with van der Waals surface area (Å²) >= 11 is 0. The third kappa shape index (κ3) is 30.7. The molecular weight excluding hydrogens is 426 g/mol. The predicted molar refractivity (Wildman–Crippen MR) is 90.3 cm³/mol. The molecule has 0 heterocycles. The van der Waals surface area contributed by atoms with Gasteiger partial charge in [0.05, 0.1) is 0 Å². The van der Waals surface area contributed by atoms with Crippen molar-refractivity contribution in [2.45, 2.75) is 0 Å². The molecule has 0 unspecified atom stereocenters. The quantitative estimate of drug-likeness (QED) is 0.347. The summed E-state index contributed by atoms with van der Waals surface area (Å²) in [5, 5.41) is 0. The monoisotopic (exact) mass is 442 g/mol. The summed E-state index contributed by atoms with van der Waals surface area (Å²) in [5.74, 6) is 0. The molecule has 0 aliphatic carbocycles. The Bertz CT molecular complexity index is 427. The molecule has 104 valence electrons. The summed E-state index contributed by atoms with van der Waals surface area (Å²) in [4.78, 5) is 31.0. The van der Waals surface area contributed by atoms with Gasteiger partial charge in [0.25, 0.3) is 0 Å². The first-order chi connectivity index (χ1) is 7.64. The van der Waals surface area contributed by atoms with Crippen LogP contribution in [0.25, 0.3) is 6.08 Å². The van der Waals surface area contributed by atoms with E-state index in [0.717, 1.165) is 0 Å². The Morgan fingerprint density at radius 2 is 1.19 bits per heavy atom. The summed E-state index contributed by atoms with van der Waals surface area (Å²) in [6, 6.07) is 10.0. The minimum atomic E-state index is -5.05. The van der Waals surface area contributed by atoms with Crippen molar-refractivity contribution in [1.29, 1.82) is 0 Å². The molecule has 0 bridgehead atoms. The molecule has 0 radical (unpaired) electrons. The SMILES string of the molecule is C=Cc1ccccc1.O=P(O)(O)OP(=O)(O)O.[KH].[KH].[KH].[KH]. The maximum absolute atomic E-state index is 9.63. The molecule has 1 aromatic rings. The summed E-state index contributed by atoms with van der Waals surface area (Å²) in [5.41, 5.74) is 1.17. The van der Waals surface area contributed by atoms with Crippen LogP contribution >= 0.6 is 15.6 Å². The Balaban J connectivity index is -0.0000000684. The molecule has 1 aromatic carbocycles. The van der Waals surface area contributed by atoms with Crippen molar-refractivity contribution in [3.05, 3.63) is 42.5 Å². The molecule has 7 nitrogen and oxygen atoms in total. The molecule has 0 aromatic heterocycles. The average molecular weight is 443 g/mol. The Labute approximate surface area is 294 Å². The van der Waals surface area contributed by atoms with Gasteiger partial charge >= 0.3 is 221 Å². The topological polar surface area (TPSA) is 124 Å². The van der Waals surface area contributed by atoms with Crippen molar-refractivity contribution in [2.24, 2.45) is 0 Å². The second kappa shape index (κ2) is 20.5. The standard InChI is InChI=1S/C8H8.4K.H4O7P2.4H/c1-2-8-6-4-3-5-7-8;;;;;1-8(2,3)7-9(4,5)6;;;;/h2-7H,1H2;;;;;(H2,1,2,3)(H2,4,5,6);;;;. The molecule has 13 heteroatoms. The van der Waals surface area contributed by atoms with Gasteiger partial charge in [0, 0.05) is 0 Å². The maximum atomic E-state index is 9.63. The molecule has 21 heavy (non-hydrogen) atoms. The number of rotatable bonds is 3. The Kier molecular flexibility index (Phi) is 36.6. The first kappa shape index (κ1) is 37.5. The second-order valence-electron chi connectivity index (χ2n) is 2.68. The molecule has 0 saturated heterocycles. The summed E-state index contributed by atoms with van der Waals surface area (Å²) in [6.07, 6.45) is 1.83. The van der Waals surface area contributed by atoms with Crippen LogP contribution in [0.15, 0.2) is 36.9 Å². The predicted octanol–water partition coefficient (Wildman–Crippen LogP) is -1.08. The van der Waals surface area contributed by atoms with E-state index in [9.17, 15) is 9.13 Å². The van der Waals surface area contributed by atoms with E-state index in [2.05, 4.69) is 10.9 Å². The summed E-state index contributed by atoms with van der Waals surface area (Å²) in [7, 11) is -10.1. The van der Waals surface area contributed by atoms with Gasteiger partial charge < -0.3 is 19.6 Å². The normalized spacial score (nSPS) is 9.14. The Morgan fingerprint density at radius 1 is 0.857 bits per heavy atom. The molecule has 0 atom stereocenters. The van der Waals surface area contributed by atoms with Gasteiger partial charge in [-0.2, -0.15) is 4.31 Å². The zero-order valence-electron chi connectivity index (χ0n) is 8.58. The molecular formula is C8H16K4O7P2. The molecule has 0 saturated carbocycles. The Morgan fingerprint density at radius 3 is 1.33 bits per heavy atom. The third-order valence-electron chi connectivity index (χ3n) is 1.25. The van der Waals surface area contributed by atoms with Gasteiger partial charge in [-0.05, 0) is 5.56 Å². The van der Waals surface area contributed by atoms with Crippen LogP contribution in [0, 0.1) is 0 Å². The molecule has 0 aliphatic heterocycles. The van der Waals surface area contributed by atoms with Crippen LogP contribution in [0.4, 0.5) is 0 Å². The third-order valence-corrected chi connectivity index (χ3v) is 2.95. The van der Waals surface area contributed by atoms with Gasteiger partial charge in [-0.1, -0.05) is 43.0 Å². The van der Waals surface area contributed by atoms with Crippen LogP contribution in [0.2, 0.25) is 0 Å². The molecule has 0 amide bonds. The van der Waals surface area contributed by atoms with Crippen molar-refractivity contribution in [3.8, 4) is 0 Å². The fourth-order valence-electron chi connectivity index (χ4n) is 0.728. The van der Waals surface area contributed by atoms with Gasteiger partial charge in [-0.25, -0.2) is 9.13 Å².